The van der Waals surface area contributed by atoms with Crippen LogP contribution in [-0.2, 0) is 22.4 Å². The van der Waals surface area contributed by atoms with Gasteiger partial charge in [0.15, 0.2) is 0 Å². The molecule has 180 valence electrons. The topological polar surface area (TPSA) is 57.9 Å². The zero-order chi connectivity index (χ0) is 24.2. The minimum absolute atomic E-state index is 0.0140. The van der Waals surface area contributed by atoms with Gasteiger partial charge in [-0.1, -0.05) is 17.7 Å². The van der Waals surface area contributed by atoms with Crippen LogP contribution in [0.3, 0.4) is 0 Å². The Hall–Kier alpha value is -2.52. The standard InChI is InChI=1S/C24H25ClF2N4O2S/c1-14-3-6-21(34-14)30-8-7-29(13-20(30)33)19(32)10-18-22(25)31-12-17(15-4-5-15)9-16(23(31)28-18)11-24(2,26)27/h3,6,9,12,15H,4-5,7-8,10-11,13H2,1-2H3. The van der Waals surface area contributed by atoms with Crippen molar-refractivity contribution in [1.82, 2.24) is 14.3 Å². The number of hydrogen-bond acceptors (Lipinski definition) is 4. The van der Waals surface area contributed by atoms with Gasteiger partial charge in [0.05, 0.1) is 17.1 Å². The van der Waals surface area contributed by atoms with Crippen LogP contribution in [0.5, 0.6) is 0 Å². The number of rotatable bonds is 6. The Morgan fingerprint density at radius 3 is 2.68 bits per heavy atom. The highest BCUT2D eigenvalue weighted by atomic mass is 35.5. The number of hydrogen-bond donors (Lipinski definition) is 0. The van der Waals surface area contributed by atoms with Gasteiger partial charge in [-0.15, -0.1) is 11.3 Å². The average molecular weight is 507 g/mol. The van der Waals surface area contributed by atoms with Crippen LogP contribution in [0.2, 0.25) is 5.15 Å². The highest BCUT2D eigenvalue weighted by molar-refractivity contribution is 7.16. The van der Waals surface area contributed by atoms with E-state index >= 15 is 0 Å². The quantitative estimate of drug-likeness (QED) is 0.480. The fourth-order valence-corrected chi connectivity index (χ4v) is 5.56. The minimum atomic E-state index is -2.89. The number of pyridine rings is 1. The Labute approximate surface area is 205 Å². The van der Waals surface area contributed by atoms with Gasteiger partial charge in [0, 0.05) is 36.1 Å². The summed E-state index contributed by atoms with van der Waals surface area (Å²) in [5, 5.41) is 1.13. The molecule has 4 heterocycles. The van der Waals surface area contributed by atoms with Gasteiger partial charge < -0.3 is 9.80 Å². The molecule has 2 aliphatic rings. The number of anilines is 1. The molecular formula is C24H25ClF2N4O2S. The molecule has 0 aromatic carbocycles. The smallest absolute Gasteiger partial charge is 0.249 e. The molecule has 2 fully saturated rings. The first-order valence-electron chi connectivity index (χ1n) is 11.3. The third kappa shape index (κ3) is 4.68. The Kier molecular flexibility index (Phi) is 5.88. The molecule has 5 rings (SSSR count). The van der Waals surface area contributed by atoms with Crippen LogP contribution in [-0.4, -0.2) is 51.7 Å². The summed E-state index contributed by atoms with van der Waals surface area (Å²) in [7, 11) is 0. The summed E-state index contributed by atoms with van der Waals surface area (Å²) in [5.74, 6) is -2.93. The van der Waals surface area contributed by atoms with Crippen molar-refractivity contribution < 1.29 is 18.4 Å². The summed E-state index contributed by atoms with van der Waals surface area (Å²) >= 11 is 8.13. The number of carbonyl (C=O) groups is 2. The molecule has 3 aromatic heterocycles. The second-order valence-corrected chi connectivity index (χ2v) is 10.9. The number of alkyl halides is 2. The maximum Gasteiger partial charge on any atom is 0.249 e. The van der Waals surface area contributed by atoms with E-state index in [0.717, 1.165) is 35.2 Å². The van der Waals surface area contributed by atoms with Crippen molar-refractivity contribution in [3.8, 4) is 0 Å². The van der Waals surface area contributed by atoms with E-state index in [-0.39, 0.29) is 29.9 Å². The first-order chi connectivity index (χ1) is 16.1. The van der Waals surface area contributed by atoms with Gasteiger partial charge in [-0.05, 0) is 50.3 Å². The lowest BCUT2D eigenvalue weighted by Crippen LogP contribution is -2.52. The van der Waals surface area contributed by atoms with Crippen LogP contribution in [0.1, 0.15) is 47.4 Å². The summed E-state index contributed by atoms with van der Waals surface area (Å²) in [6.45, 7) is 3.68. The Balaban J connectivity index is 1.36. The van der Waals surface area contributed by atoms with Gasteiger partial charge in [-0.2, -0.15) is 0 Å². The Bertz CT molecular complexity index is 1280. The number of aromatic nitrogens is 2. The molecule has 0 bridgehead atoms. The third-order valence-electron chi connectivity index (χ3n) is 6.26. The number of imidazole rings is 1. The fourth-order valence-electron chi connectivity index (χ4n) is 4.41. The molecule has 10 heteroatoms. The SMILES string of the molecule is Cc1ccc(N2CCN(C(=O)Cc3nc4c(CC(C)(F)F)cc(C5CC5)cn4c3Cl)CC2=O)s1. The van der Waals surface area contributed by atoms with Crippen molar-refractivity contribution in [3.05, 3.63) is 51.2 Å². The van der Waals surface area contributed by atoms with Gasteiger partial charge in [0.25, 0.3) is 0 Å². The van der Waals surface area contributed by atoms with E-state index in [1.165, 1.54) is 4.90 Å². The molecule has 0 unspecified atom stereocenters. The second kappa shape index (κ2) is 8.61. The Morgan fingerprint density at radius 2 is 2.06 bits per heavy atom. The second-order valence-electron chi connectivity index (χ2n) is 9.28. The maximum atomic E-state index is 13.9. The summed E-state index contributed by atoms with van der Waals surface area (Å²) in [6, 6.07) is 5.68. The van der Waals surface area contributed by atoms with E-state index in [9.17, 15) is 18.4 Å². The highest BCUT2D eigenvalue weighted by Gasteiger charge is 2.32. The van der Waals surface area contributed by atoms with Gasteiger partial charge in [-0.3, -0.25) is 14.0 Å². The van der Waals surface area contributed by atoms with Crippen molar-refractivity contribution in [1.29, 1.82) is 0 Å². The molecule has 1 aliphatic carbocycles. The van der Waals surface area contributed by atoms with E-state index < -0.39 is 12.3 Å². The van der Waals surface area contributed by atoms with E-state index in [4.69, 9.17) is 11.6 Å². The minimum Gasteiger partial charge on any atom is -0.331 e. The first-order valence-corrected chi connectivity index (χ1v) is 12.5. The molecule has 34 heavy (non-hydrogen) atoms. The molecule has 2 amide bonds. The van der Waals surface area contributed by atoms with Crippen molar-refractivity contribution in [2.24, 2.45) is 0 Å². The zero-order valence-corrected chi connectivity index (χ0v) is 20.6. The van der Waals surface area contributed by atoms with Crippen LogP contribution in [0.4, 0.5) is 13.8 Å². The summed E-state index contributed by atoms with van der Waals surface area (Å²) in [6.07, 6.45) is 3.36. The van der Waals surface area contributed by atoms with Gasteiger partial charge >= 0.3 is 0 Å². The molecule has 0 atom stereocenters. The third-order valence-corrected chi connectivity index (χ3v) is 7.68. The van der Waals surface area contributed by atoms with E-state index in [2.05, 4.69) is 4.98 Å². The zero-order valence-electron chi connectivity index (χ0n) is 19.0. The number of aryl methyl sites for hydroxylation is 1. The average Bonchev–Trinajstić information content (AvgIpc) is 3.45. The molecule has 3 aromatic rings. The van der Waals surface area contributed by atoms with Crippen LogP contribution in [0.15, 0.2) is 24.4 Å². The van der Waals surface area contributed by atoms with Crippen LogP contribution in [0, 0.1) is 6.92 Å². The molecule has 6 nitrogen and oxygen atoms in total. The predicted octanol–water partition coefficient (Wildman–Crippen LogP) is 4.85. The van der Waals surface area contributed by atoms with Crippen molar-refractivity contribution in [2.75, 3.05) is 24.5 Å². The monoisotopic (exact) mass is 506 g/mol. The molecule has 1 saturated carbocycles. The Morgan fingerprint density at radius 1 is 1.29 bits per heavy atom. The molecule has 1 saturated heterocycles. The molecule has 0 spiro atoms. The van der Waals surface area contributed by atoms with E-state index in [1.54, 1.807) is 26.7 Å². The molecule has 0 radical (unpaired) electrons. The normalized spacial score (nSPS) is 17.1. The summed E-state index contributed by atoms with van der Waals surface area (Å²) in [5.41, 5.74) is 2.08. The van der Waals surface area contributed by atoms with Crippen LogP contribution < -0.4 is 4.90 Å². The lowest BCUT2D eigenvalue weighted by atomic mass is 10.1. The molecule has 0 N–H and O–H groups in total. The van der Waals surface area contributed by atoms with Crippen molar-refractivity contribution >= 4 is 45.4 Å². The predicted molar refractivity (Wildman–Crippen MR) is 128 cm³/mol. The number of piperazine rings is 1. The summed E-state index contributed by atoms with van der Waals surface area (Å²) < 4.78 is 29.4. The van der Waals surface area contributed by atoms with E-state index in [1.807, 2.05) is 25.3 Å². The largest absolute Gasteiger partial charge is 0.331 e. The lowest BCUT2D eigenvalue weighted by molar-refractivity contribution is -0.136. The highest BCUT2D eigenvalue weighted by Crippen LogP contribution is 2.41. The van der Waals surface area contributed by atoms with Gasteiger partial charge in [0.1, 0.15) is 17.3 Å². The molecular weight excluding hydrogens is 482 g/mol. The number of halogens is 3. The number of thiophene rings is 1. The van der Waals surface area contributed by atoms with Crippen molar-refractivity contribution in [2.45, 2.75) is 51.4 Å². The van der Waals surface area contributed by atoms with Crippen molar-refractivity contribution in [3.63, 3.8) is 0 Å². The number of fused-ring (bicyclic) bond motifs is 1. The summed E-state index contributed by atoms with van der Waals surface area (Å²) in [4.78, 5) is 34.5. The van der Waals surface area contributed by atoms with E-state index in [0.29, 0.717) is 35.9 Å². The lowest BCUT2D eigenvalue weighted by Gasteiger charge is -2.33. The molecule has 1 aliphatic heterocycles. The van der Waals surface area contributed by atoms with Crippen LogP contribution in [0.25, 0.3) is 5.65 Å². The number of amides is 2. The van der Waals surface area contributed by atoms with Crippen LogP contribution >= 0.6 is 22.9 Å². The maximum absolute atomic E-state index is 13.9. The first kappa shape index (κ1) is 23.2. The van der Waals surface area contributed by atoms with Gasteiger partial charge in [-0.25, -0.2) is 13.8 Å². The fraction of sp³-hybridized carbons (Fsp3) is 0.458. The van der Waals surface area contributed by atoms with Gasteiger partial charge in [0.2, 0.25) is 17.7 Å². The number of nitrogens with zero attached hydrogens (tertiary/aromatic N) is 4. The number of carbonyl (C=O) groups excluding carboxylic acids is 2.